The summed E-state index contributed by atoms with van der Waals surface area (Å²) in [5.74, 6) is 5.80. The van der Waals surface area contributed by atoms with Gasteiger partial charge in [0.1, 0.15) is 16.4 Å². The van der Waals surface area contributed by atoms with Gasteiger partial charge in [0, 0.05) is 10.6 Å². The summed E-state index contributed by atoms with van der Waals surface area (Å²) in [4.78, 5) is 6.22. The maximum absolute atomic E-state index is 12.5. The zero-order chi connectivity index (χ0) is 17.0. The van der Waals surface area contributed by atoms with E-state index in [0.29, 0.717) is 32.8 Å². The maximum atomic E-state index is 12.5. The number of benzene rings is 1. The van der Waals surface area contributed by atoms with Gasteiger partial charge in [0.05, 0.1) is 6.54 Å². The van der Waals surface area contributed by atoms with Crippen LogP contribution in [0.4, 0.5) is 13.8 Å². The summed E-state index contributed by atoms with van der Waals surface area (Å²) in [6, 6.07) is 4.31. The normalized spacial score (nSPS) is 10.7. The van der Waals surface area contributed by atoms with E-state index < -0.39 is 6.61 Å². The number of alkyl halides is 2. The SMILES string of the molecule is CN(C)CC#Cc1nc(-c2cc(Cl)ccc2OC(F)F)c(N)s1. The molecular formula is C15H14ClF2N3OS. The van der Waals surface area contributed by atoms with Crippen molar-refractivity contribution in [3.63, 3.8) is 0 Å². The fraction of sp³-hybridized carbons (Fsp3) is 0.267. The van der Waals surface area contributed by atoms with Gasteiger partial charge >= 0.3 is 6.61 Å². The number of aromatic nitrogens is 1. The van der Waals surface area contributed by atoms with E-state index in [9.17, 15) is 8.78 Å². The number of halogens is 3. The van der Waals surface area contributed by atoms with E-state index in [1.807, 2.05) is 19.0 Å². The van der Waals surface area contributed by atoms with Crippen molar-refractivity contribution in [2.45, 2.75) is 6.61 Å². The molecule has 2 rings (SSSR count). The second kappa shape index (κ2) is 7.59. The van der Waals surface area contributed by atoms with Gasteiger partial charge in [0.25, 0.3) is 0 Å². The molecule has 1 heterocycles. The molecule has 1 aromatic carbocycles. The second-order valence-corrected chi connectivity index (χ2v) is 6.26. The summed E-state index contributed by atoms with van der Waals surface area (Å²) >= 11 is 7.12. The van der Waals surface area contributed by atoms with Gasteiger partial charge in [-0.05, 0) is 38.2 Å². The Morgan fingerprint density at radius 1 is 1.43 bits per heavy atom. The van der Waals surface area contributed by atoms with Crippen LogP contribution in [0.3, 0.4) is 0 Å². The molecule has 122 valence electrons. The Morgan fingerprint density at radius 3 is 2.83 bits per heavy atom. The number of hydrogen-bond acceptors (Lipinski definition) is 5. The van der Waals surface area contributed by atoms with Crippen molar-refractivity contribution >= 4 is 27.9 Å². The molecule has 0 spiro atoms. The van der Waals surface area contributed by atoms with E-state index in [4.69, 9.17) is 17.3 Å². The van der Waals surface area contributed by atoms with Gasteiger partial charge in [-0.15, -0.1) is 0 Å². The third kappa shape index (κ3) is 4.79. The molecule has 0 aliphatic carbocycles. The Labute approximate surface area is 141 Å². The summed E-state index contributed by atoms with van der Waals surface area (Å²) in [5, 5.41) is 1.23. The quantitative estimate of drug-likeness (QED) is 0.850. The van der Waals surface area contributed by atoms with E-state index in [0.717, 1.165) is 0 Å². The lowest BCUT2D eigenvalue weighted by Gasteiger charge is -2.09. The van der Waals surface area contributed by atoms with Crippen molar-refractivity contribution in [2.24, 2.45) is 0 Å². The summed E-state index contributed by atoms with van der Waals surface area (Å²) in [6.07, 6.45) is 0. The lowest BCUT2D eigenvalue weighted by atomic mass is 10.1. The molecule has 0 saturated heterocycles. The summed E-state index contributed by atoms with van der Waals surface area (Å²) < 4.78 is 29.6. The van der Waals surface area contributed by atoms with E-state index in [2.05, 4.69) is 21.6 Å². The number of anilines is 1. The molecule has 1 aromatic heterocycles. The minimum Gasteiger partial charge on any atom is -0.434 e. The summed E-state index contributed by atoms with van der Waals surface area (Å²) in [7, 11) is 3.80. The van der Waals surface area contributed by atoms with E-state index >= 15 is 0 Å². The molecule has 4 nitrogen and oxygen atoms in total. The van der Waals surface area contributed by atoms with Crippen LogP contribution in [0.15, 0.2) is 18.2 Å². The first-order chi connectivity index (χ1) is 10.9. The van der Waals surface area contributed by atoms with Crippen molar-refractivity contribution < 1.29 is 13.5 Å². The van der Waals surface area contributed by atoms with Crippen molar-refractivity contribution in [1.29, 1.82) is 0 Å². The van der Waals surface area contributed by atoms with Crippen LogP contribution in [0, 0.1) is 11.8 Å². The van der Waals surface area contributed by atoms with Crippen LogP contribution in [-0.2, 0) is 0 Å². The van der Waals surface area contributed by atoms with Crippen molar-refractivity contribution in [3.05, 3.63) is 28.2 Å². The predicted octanol–water partition coefficient (Wildman–Crippen LogP) is 3.56. The third-order valence-corrected chi connectivity index (χ3v) is 3.69. The van der Waals surface area contributed by atoms with Crippen LogP contribution in [0.5, 0.6) is 5.75 Å². The molecule has 0 amide bonds. The van der Waals surface area contributed by atoms with Crippen LogP contribution in [0.1, 0.15) is 5.01 Å². The van der Waals surface area contributed by atoms with Gasteiger partial charge in [-0.25, -0.2) is 4.98 Å². The minimum absolute atomic E-state index is 0.0331. The zero-order valence-corrected chi connectivity index (χ0v) is 14.0. The largest absolute Gasteiger partial charge is 0.434 e. The topological polar surface area (TPSA) is 51.4 Å². The number of nitrogens with two attached hydrogens (primary N) is 1. The molecule has 0 aliphatic heterocycles. The Bertz CT molecular complexity index is 753. The average Bonchev–Trinajstić information content (AvgIpc) is 2.81. The molecule has 0 radical (unpaired) electrons. The van der Waals surface area contributed by atoms with Gasteiger partial charge in [-0.2, -0.15) is 8.78 Å². The highest BCUT2D eigenvalue weighted by Gasteiger charge is 2.17. The van der Waals surface area contributed by atoms with Crippen LogP contribution in [0.2, 0.25) is 5.02 Å². The maximum Gasteiger partial charge on any atom is 0.387 e. The predicted molar refractivity (Wildman–Crippen MR) is 89.0 cm³/mol. The molecule has 23 heavy (non-hydrogen) atoms. The molecule has 2 N–H and O–H groups in total. The number of nitrogens with zero attached hydrogens (tertiary/aromatic N) is 2. The standard InChI is InChI=1S/C15H14ClF2N3OS/c1-21(2)7-3-4-12-20-13(14(19)23-12)10-8-9(16)5-6-11(10)22-15(17)18/h5-6,8,15H,7,19H2,1-2H3. The number of rotatable bonds is 4. The van der Waals surface area contributed by atoms with E-state index in [1.54, 1.807) is 0 Å². The molecule has 0 bridgehead atoms. The lowest BCUT2D eigenvalue weighted by molar-refractivity contribution is -0.0494. The van der Waals surface area contributed by atoms with Gasteiger partial charge in [-0.1, -0.05) is 28.9 Å². The smallest absolute Gasteiger partial charge is 0.387 e. The van der Waals surface area contributed by atoms with Gasteiger partial charge in [-0.3, -0.25) is 4.90 Å². The highest BCUT2D eigenvalue weighted by Crippen LogP contribution is 2.38. The first kappa shape index (κ1) is 17.5. The van der Waals surface area contributed by atoms with Crippen LogP contribution in [0.25, 0.3) is 11.3 Å². The third-order valence-electron chi connectivity index (χ3n) is 2.66. The lowest BCUT2D eigenvalue weighted by Crippen LogP contribution is -2.10. The molecular weight excluding hydrogens is 344 g/mol. The van der Waals surface area contributed by atoms with Crippen LogP contribution in [-0.4, -0.2) is 37.1 Å². The highest BCUT2D eigenvalue weighted by atomic mass is 35.5. The molecule has 2 aromatic rings. The molecule has 0 fully saturated rings. The fourth-order valence-corrected chi connectivity index (χ4v) is 2.63. The number of nitrogen functional groups attached to an aromatic ring is 1. The molecule has 0 saturated carbocycles. The zero-order valence-electron chi connectivity index (χ0n) is 12.4. The Morgan fingerprint density at radius 2 is 2.17 bits per heavy atom. The van der Waals surface area contributed by atoms with Crippen molar-refractivity contribution in [1.82, 2.24) is 9.88 Å². The Hall–Kier alpha value is -1.88. The second-order valence-electron chi connectivity index (χ2n) is 4.79. The molecule has 0 atom stereocenters. The summed E-state index contributed by atoms with van der Waals surface area (Å²) in [6.45, 7) is -2.37. The first-order valence-corrected chi connectivity index (χ1v) is 7.71. The Balaban J connectivity index is 2.40. The van der Waals surface area contributed by atoms with Crippen LogP contribution < -0.4 is 10.5 Å². The van der Waals surface area contributed by atoms with Crippen molar-refractivity contribution in [2.75, 3.05) is 26.4 Å². The summed E-state index contributed by atoms with van der Waals surface area (Å²) in [5.41, 5.74) is 6.59. The van der Waals surface area contributed by atoms with Gasteiger partial charge in [0.15, 0.2) is 5.01 Å². The van der Waals surface area contributed by atoms with Gasteiger partial charge in [0.2, 0.25) is 0 Å². The van der Waals surface area contributed by atoms with Gasteiger partial charge < -0.3 is 10.5 Å². The van der Waals surface area contributed by atoms with Crippen LogP contribution >= 0.6 is 22.9 Å². The molecule has 8 heteroatoms. The Kier molecular flexibility index (Phi) is 5.77. The fourth-order valence-electron chi connectivity index (χ4n) is 1.74. The molecule has 0 aliphatic rings. The monoisotopic (exact) mass is 357 g/mol. The average molecular weight is 358 g/mol. The number of thiazole rings is 1. The number of ether oxygens (including phenoxy) is 1. The number of hydrogen-bond donors (Lipinski definition) is 1. The molecule has 0 unspecified atom stereocenters. The van der Waals surface area contributed by atoms with E-state index in [-0.39, 0.29) is 5.75 Å². The van der Waals surface area contributed by atoms with Crippen molar-refractivity contribution in [3.8, 4) is 28.8 Å². The minimum atomic E-state index is -2.95. The first-order valence-electron chi connectivity index (χ1n) is 6.51. The highest BCUT2D eigenvalue weighted by molar-refractivity contribution is 7.16. The van der Waals surface area contributed by atoms with E-state index in [1.165, 1.54) is 29.5 Å².